The minimum absolute atomic E-state index is 0.00146. The van der Waals surface area contributed by atoms with Gasteiger partial charge in [-0.1, -0.05) is 0 Å². The standard InChI is InChI=1S/C12H16N4O4/c1-8-7-15(3-2-4-20-8)12(17)10-5-9(16(18)19)6-14-11(10)13/h5-6,8H,2-4,7H2,1H3,(H2,13,14). The van der Waals surface area contributed by atoms with E-state index in [0.29, 0.717) is 19.7 Å². The first-order valence-electron chi connectivity index (χ1n) is 6.30. The molecule has 1 aromatic heterocycles. The van der Waals surface area contributed by atoms with Gasteiger partial charge in [0.1, 0.15) is 12.0 Å². The number of rotatable bonds is 2. The molecule has 1 aliphatic heterocycles. The number of hydrogen-bond donors (Lipinski definition) is 1. The van der Waals surface area contributed by atoms with Crippen molar-refractivity contribution in [3.8, 4) is 0 Å². The maximum absolute atomic E-state index is 12.4. The van der Waals surface area contributed by atoms with Crippen molar-refractivity contribution in [3.63, 3.8) is 0 Å². The largest absolute Gasteiger partial charge is 0.383 e. The van der Waals surface area contributed by atoms with Crippen molar-refractivity contribution in [1.29, 1.82) is 0 Å². The molecule has 108 valence electrons. The number of amides is 1. The normalized spacial score (nSPS) is 19.4. The van der Waals surface area contributed by atoms with Gasteiger partial charge >= 0.3 is 0 Å². The second-order valence-electron chi connectivity index (χ2n) is 4.67. The Morgan fingerprint density at radius 3 is 3.10 bits per heavy atom. The van der Waals surface area contributed by atoms with E-state index in [2.05, 4.69) is 4.98 Å². The SMILES string of the molecule is CC1CN(C(=O)c2cc([N+](=O)[O-])cnc2N)CCCO1. The number of carbonyl (C=O) groups is 1. The number of hydrogen-bond acceptors (Lipinski definition) is 6. The zero-order chi connectivity index (χ0) is 14.7. The Hall–Kier alpha value is -2.22. The summed E-state index contributed by atoms with van der Waals surface area (Å²) in [6, 6.07) is 1.17. The molecule has 2 heterocycles. The highest BCUT2D eigenvalue weighted by Gasteiger charge is 2.24. The number of anilines is 1. The van der Waals surface area contributed by atoms with E-state index in [1.165, 1.54) is 6.07 Å². The monoisotopic (exact) mass is 280 g/mol. The second-order valence-corrected chi connectivity index (χ2v) is 4.67. The maximum atomic E-state index is 12.4. The van der Waals surface area contributed by atoms with Gasteiger partial charge in [-0.15, -0.1) is 0 Å². The predicted molar refractivity (Wildman–Crippen MR) is 71.2 cm³/mol. The smallest absolute Gasteiger partial charge is 0.288 e. The summed E-state index contributed by atoms with van der Waals surface area (Å²) in [6.45, 7) is 3.43. The number of nitrogens with two attached hydrogens (primary N) is 1. The zero-order valence-corrected chi connectivity index (χ0v) is 11.1. The molecule has 1 unspecified atom stereocenters. The summed E-state index contributed by atoms with van der Waals surface area (Å²) in [6.07, 6.45) is 1.69. The summed E-state index contributed by atoms with van der Waals surface area (Å²) in [5.41, 5.74) is 5.47. The molecule has 1 amide bonds. The topological polar surface area (TPSA) is 112 Å². The number of ether oxygens (including phenoxy) is 1. The van der Waals surface area contributed by atoms with Crippen LogP contribution in [0.1, 0.15) is 23.7 Å². The molecule has 1 aliphatic rings. The number of nitrogen functional groups attached to an aromatic ring is 1. The first-order chi connectivity index (χ1) is 9.49. The number of nitro groups is 1. The van der Waals surface area contributed by atoms with E-state index in [1.807, 2.05) is 6.92 Å². The third-order valence-corrected chi connectivity index (χ3v) is 3.08. The van der Waals surface area contributed by atoms with E-state index in [1.54, 1.807) is 4.90 Å². The Morgan fingerprint density at radius 1 is 1.65 bits per heavy atom. The Labute approximate surface area is 115 Å². The third-order valence-electron chi connectivity index (χ3n) is 3.08. The van der Waals surface area contributed by atoms with Gasteiger partial charge in [0.25, 0.3) is 11.6 Å². The summed E-state index contributed by atoms with van der Waals surface area (Å²) in [5.74, 6) is -0.352. The van der Waals surface area contributed by atoms with Crippen molar-refractivity contribution in [1.82, 2.24) is 9.88 Å². The summed E-state index contributed by atoms with van der Waals surface area (Å²) in [5, 5.41) is 10.8. The lowest BCUT2D eigenvalue weighted by atomic mass is 10.2. The van der Waals surface area contributed by atoms with Crippen LogP contribution < -0.4 is 5.73 Å². The van der Waals surface area contributed by atoms with Crippen LogP contribution in [0.3, 0.4) is 0 Å². The first kappa shape index (κ1) is 14.2. The van der Waals surface area contributed by atoms with Crippen LogP contribution in [0.5, 0.6) is 0 Å². The molecule has 1 aromatic rings. The lowest BCUT2D eigenvalue weighted by molar-refractivity contribution is -0.385. The summed E-state index contributed by atoms with van der Waals surface area (Å²) >= 11 is 0. The van der Waals surface area contributed by atoms with E-state index in [0.717, 1.165) is 12.6 Å². The van der Waals surface area contributed by atoms with Crippen LogP contribution in [-0.4, -0.2) is 46.5 Å². The lowest BCUT2D eigenvalue weighted by Gasteiger charge is -2.22. The highest BCUT2D eigenvalue weighted by Crippen LogP contribution is 2.19. The average Bonchev–Trinajstić information content (AvgIpc) is 2.63. The molecule has 1 saturated heterocycles. The molecule has 0 saturated carbocycles. The molecule has 0 aliphatic carbocycles. The zero-order valence-electron chi connectivity index (χ0n) is 11.1. The van der Waals surface area contributed by atoms with Gasteiger partial charge in [-0.2, -0.15) is 0 Å². The highest BCUT2D eigenvalue weighted by molar-refractivity contribution is 5.98. The van der Waals surface area contributed by atoms with Crippen molar-refractivity contribution >= 4 is 17.4 Å². The van der Waals surface area contributed by atoms with Crippen LogP contribution in [-0.2, 0) is 4.74 Å². The molecule has 1 fully saturated rings. The van der Waals surface area contributed by atoms with E-state index < -0.39 is 4.92 Å². The number of carbonyl (C=O) groups excluding carboxylic acids is 1. The van der Waals surface area contributed by atoms with Crippen molar-refractivity contribution < 1.29 is 14.5 Å². The molecule has 0 radical (unpaired) electrons. The summed E-state index contributed by atoms with van der Waals surface area (Å²) in [4.78, 5) is 27.9. The fourth-order valence-corrected chi connectivity index (χ4v) is 2.08. The van der Waals surface area contributed by atoms with Crippen LogP contribution in [0.4, 0.5) is 11.5 Å². The number of pyridine rings is 1. The van der Waals surface area contributed by atoms with Crippen molar-refractivity contribution in [3.05, 3.63) is 27.9 Å². The molecule has 8 nitrogen and oxygen atoms in total. The fourth-order valence-electron chi connectivity index (χ4n) is 2.08. The molecule has 1 atom stereocenters. The van der Waals surface area contributed by atoms with Crippen molar-refractivity contribution in [2.75, 3.05) is 25.4 Å². The first-order valence-corrected chi connectivity index (χ1v) is 6.30. The van der Waals surface area contributed by atoms with Crippen LogP contribution >= 0.6 is 0 Å². The Bertz CT molecular complexity index is 534. The molecular formula is C12H16N4O4. The van der Waals surface area contributed by atoms with E-state index in [-0.39, 0.29) is 29.1 Å². The Kier molecular flexibility index (Phi) is 4.14. The van der Waals surface area contributed by atoms with Gasteiger partial charge < -0.3 is 15.4 Å². The minimum Gasteiger partial charge on any atom is -0.383 e. The van der Waals surface area contributed by atoms with Crippen LogP contribution in [0.25, 0.3) is 0 Å². The highest BCUT2D eigenvalue weighted by atomic mass is 16.6. The van der Waals surface area contributed by atoms with E-state index in [9.17, 15) is 14.9 Å². The van der Waals surface area contributed by atoms with Crippen LogP contribution in [0.15, 0.2) is 12.3 Å². The maximum Gasteiger partial charge on any atom is 0.288 e. The van der Waals surface area contributed by atoms with Gasteiger partial charge in [-0.05, 0) is 13.3 Å². The molecule has 0 aromatic carbocycles. The second kappa shape index (κ2) is 5.83. The van der Waals surface area contributed by atoms with Gasteiger partial charge in [-0.25, -0.2) is 4.98 Å². The molecule has 0 bridgehead atoms. The van der Waals surface area contributed by atoms with Gasteiger partial charge in [0.2, 0.25) is 0 Å². The summed E-state index contributed by atoms with van der Waals surface area (Å²) < 4.78 is 5.46. The van der Waals surface area contributed by atoms with Crippen LogP contribution in [0.2, 0.25) is 0 Å². The quantitative estimate of drug-likeness (QED) is 0.634. The molecular weight excluding hydrogens is 264 g/mol. The third kappa shape index (κ3) is 3.02. The molecule has 0 spiro atoms. The number of aromatic nitrogens is 1. The fraction of sp³-hybridized carbons (Fsp3) is 0.500. The Balaban J connectivity index is 2.27. The van der Waals surface area contributed by atoms with Gasteiger partial charge in [0.15, 0.2) is 0 Å². The van der Waals surface area contributed by atoms with Gasteiger partial charge in [-0.3, -0.25) is 14.9 Å². The summed E-state index contributed by atoms with van der Waals surface area (Å²) in [7, 11) is 0. The lowest BCUT2D eigenvalue weighted by Crippen LogP contribution is -2.36. The predicted octanol–water partition coefficient (Wildman–Crippen LogP) is 0.823. The van der Waals surface area contributed by atoms with Crippen molar-refractivity contribution in [2.24, 2.45) is 0 Å². The minimum atomic E-state index is -0.600. The van der Waals surface area contributed by atoms with Crippen LogP contribution in [0, 0.1) is 10.1 Å². The number of nitrogens with zero attached hydrogens (tertiary/aromatic N) is 3. The Morgan fingerprint density at radius 2 is 2.40 bits per heavy atom. The van der Waals surface area contributed by atoms with Gasteiger partial charge in [0, 0.05) is 25.8 Å². The molecule has 20 heavy (non-hydrogen) atoms. The molecule has 8 heteroatoms. The molecule has 2 N–H and O–H groups in total. The van der Waals surface area contributed by atoms with E-state index in [4.69, 9.17) is 10.5 Å². The molecule has 2 rings (SSSR count). The van der Waals surface area contributed by atoms with Crippen molar-refractivity contribution in [2.45, 2.75) is 19.4 Å². The average molecular weight is 280 g/mol. The van der Waals surface area contributed by atoms with E-state index >= 15 is 0 Å². The van der Waals surface area contributed by atoms with Gasteiger partial charge in [0.05, 0.1) is 16.6 Å².